The number of ketones is 1. The van der Waals surface area contributed by atoms with E-state index in [2.05, 4.69) is 4.98 Å². The zero-order chi connectivity index (χ0) is 15.7. The van der Waals surface area contributed by atoms with Gasteiger partial charge in [0.15, 0.2) is 5.78 Å². The fraction of sp³-hybridized carbons (Fsp3) is 0.158. The van der Waals surface area contributed by atoms with Crippen LogP contribution in [0, 0.1) is 0 Å². The van der Waals surface area contributed by atoms with Crippen LogP contribution >= 0.6 is 0 Å². The van der Waals surface area contributed by atoms with Crippen LogP contribution in [0.1, 0.15) is 22.3 Å². The average molecular weight is 302 g/mol. The van der Waals surface area contributed by atoms with E-state index >= 15 is 0 Å². The first-order valence-electron chi connectivity index (χ1n) is 7.74. The molecule has 2 aromatic heterocycles. The number of hydrogen-bond acceptors (Lipinski definition) is 2. The minimum atomic E-state index is 0.00222. The Labute approximate surface area is 131 Å². The molecule has 0 radical (unpaired) electrons. The van der Waals surface area contributed by atoms with Crippen molar-refractivity contribution in [2.24, 2.45) is 7.05 Å². The van der Waals surface area contributed by atoms with Crippen molar-refractivity contribution in [3.05, 3.63) is 58.0 Å². The van der Waals surface area contributed by atoms with Gasteiger partial charge in [0.2, 0.25) is 0 Å². The lowest BCUT2D eigenvalue weighted by Crippen LogP contribution is -2.15. The van der Waals surface area contributed by atoms with E-state index in [0.717, 1.165) is 44.7 Å². The number of aromatic nitrogens is 2. The molecule has 2 aromatic carbocycles. The third-order valence-corrected chi connectivity index (χ3v) is 5.00. The molecule has 0 saturated carbocycles. The van der Waals surface area contributed by atoms with Crippen molar-refractivity contribution in [1.82, 2.24) is 9.55 Å². The molecular formula is C19H14N2O2. The molecular weight excluding hydrogens is 288 g/mol. The number of hydrogen-bond donors (Lipinski definition) is 1. The predicted molar refractivity (Wildman–Crippen MR) is 91.2 cm³/mol. The Bertz CT molecular complexity index is 1210. The molecule has 0 amide bonds. The summed E-state index contributed by atoms with van der Waals surface area (Å²) in [5.41, 5.74) is 3.99. The number of benzene rings is 2. The van der Waals surface area contributed by atoms with Crippen molar-refractivity contribution in [3.8, 4) is 0 Å². The van der Waals surface area contributed by atoms with Crippen molar-refractivity contribution in [1.29, 1.82) is 0 Å². The molecule has 0 fully saturated rings. The molecule has 23 heavy (non-hydrogen) atoms. The molecule has 0 unspecified atom stereocenters. The largest absolute Gasteiger partial charge is 0.354 e. The summed E-state index contributed by atoms with van der Waals surface area (Å²) < 4.78 is 1.59. The second-order valence-corrected chi connectivity index (χ2v) is 6.24. The topological polar surface area (TPSA) is 54.9 Å². The van der Waals surface area contributed by atoms with Crippen LogP contribution in [0.2, 0.25) is 0 Å². The molecule has 1 N–H and O–H groups in total. The molecule has 0 saturated heterocycles. The molecule has 2 heterocycles. The number of nitrogens with one attached hydrogen (secondary N) is 1. The number of nitrogens with zero attached hydrogens (tertiary/aromatic N) is 1. The zero-order valence-corrected chi connectivity index (χ0v) is 12.6. The second kappa shape index (κ2) is 4.10. The van der Waals surface area contributed by atoms with Crippen LogP contribution in [0.4, 0.5) is 0 Å². The maximum absolute atomic E-state index is 12.4. The van der Waals surface area contributed by atoms with Crippen molar-refractivity contribution in [3.63, 3.8) is 0 Å². The van der Waals surface area contributed by atoms with E-state index in [1.807, 2.05) is 30.3 Å². The Kier molecular flexibility index (Phi) is 2.25. The summed E-state index contributed by atoms with van der Waals surface area (Å²) in [7, 11) is 1.76. The van der Waals surface area contributed by atoms with Crippen LogP contribution in [0.3, 0.4) is 0 Å². The molecule has 1 aliphatic rings. The fourth-order valence-electron chi connectivity index (χ4n) is 3.87. The zero-order valence-electron chi connectivity index (χ0n) is 12.6. The van der Waals surface area contributed by atoms with Crippen LogP contribution in [0.5, 0.6) is 0 Å². The number of carbonyl (C=O) groups is 1. The number of aromatic amines is 1. The number of pyridine rings is 1. The summed E-state index contributed by atoms with van der Waals surface area (Å²) in [5, 5.41) is 3.82. The number of rotatable bonds is 0. The minimum Gasteiger partial charge on any atom is -0.354 e. The molecule has 0 aliphatic heterocycles. The molecule has 0 atom stereocenters. The molecule has 0 spiro atoms. The summed E-state index contributed by atoms with van der Waals surface area (Å²) in [6, 6.07) is 9.72. The highest BCUT2D eigenvalue weighted by Crippen LogP contribution is 2.37. The van der Waals surface area contributed by atoms with Crippen molar-refractivity contribution in [2.45, 2.75) is 12.8 Å². The lowest BCUT2D eigenvalue weighted by atomic mass is 9.99. The number of carbonyl (C=O) groups excluding carboxylic acids is 1. The van der Waals surface area contributed by atoms with Gasteiger partial charge in [-0.1, -0.05) is 0 Å². The molecule has 4 aromatic rings. The van der Waals surface area contributed by atoms with E-state index in [4.69, 9.17) is 0 Å². The SMILES string of the molecule is Cn1ccc2c(ccc3[nH]c4ccc5c(c4c32)CCC5=O)c1=O. The van der Waals surface area contributed by atoms with Crippen LogP contribution < -0.4 is 5.56 Å². The first-order valence-corrected chi connectivity index (χ1v) is 7.74. The molecule has 4 heteroatoms. The van der Waals surface area contributed by atoms with Crippen LogP contribution in [0.15, 0.2) is 41.3 Å². The third kappa shape index (κ3) is 1.50. The monoisotopic (exact) mass is 302 g/mol. The van der Waals surface area contributed by atoms with Gasteiger partial charge < -0.3 is 9.55 Å². The summed E-state index contributed by atoms with van der Waals surface area (Å²) in [6.07, 6.45) is 3.16. The van der Waals surface area contributed by atoms with E-state index in [1.54, 1.807) is 17.8 Å². The summed E-state index contributed by atoms with van der Waals surface area (Å²) >= 11 is 0. The lowest BCUT2D eigenvalue weighted by molar-refractivity contribution is 0.0994. The average Bonchev–Trinajstić information content (AvgIpc) is 3.11. The second-order valence-electron chi connectivity index (χ2n) is 6.24. The number of Topliss-reactive ketones (excluding diaryl/α,β-unsaturated/α-hetero) is 1. The third-order valence-electron chi connectivity index (χ3n) is 5.00. The number of aryl methyl sites for hydroxylation is 2. The van der Waals surface area contributed by atoms with Crippen LogP contribution in [-0.4, -0.2) is 15.3 Å². The first-order chi connectivity index (χ1) is 11.1. The maximum atomic E-state index is 12.4. The van der Waals surface area contributed by atoms with E-state index < -0.39 is 0 Å². The normalized spacial score (nSPS) is 14.2. The highest BCUT2D eigenvalue weighted by atomic mass is 16.1. The van der Waals surface area contributed by atoms with Gasteiger partial charge in [-0.25, -0.2) is 0 Å². The van der Waals surface area contributed by atoms with Crippen LogP contribution in [-0.2, 0) is 13.5 Å². The molecule has 4 nitrogen and oxygen atoms in total. The van der Waals surface area contributed by atoms with E-state index in [-0.39, 0.29) is 11.3 Å². The van der Waals surface area contributed by atoms with E-state index in [0.29, 0.717) is 11.8 Å². The van der Waals surface area contributed by atoms with Gasteiger partial charge >= 0.3 is 0 Å². The van der Waals surface area contributed by atoms with Gasteiger partial charge in [0.1, 0.15) is 0 Å². The molecule has 5 rings (SSSR count). The lowest BCUT2D eigenvalue weighted by Gasteiger charge is -2.05. The highest BCUT2D eigenvalue weighted by molar-refractivity contribution is 6.23. The van der Waals surface area contributed by atoms with Crippen molar-refractivity contribution in [2.75, 3.05) is 0 Å². The van der Waals surface area contributed by atoms with Gasteiger partial charge in [-0.05, 0) is 47.7 Å². The highest BCUT2D eigenvalue weighted by Gasteiger charge is 2.24. The van der Waals surface area contributed by atoms with Gasteiger partial charge in [0, 0.05) is 52.4 Å². The van der Waals surface area contributed by atoms with Crippen molar-refractivity contribution < 1.29 is 4.79 Å². The van der Waals surface area contributed by atoms with Gasteiger partial charge in [0.25, 0.3) is 5.56 Å². The molecule has 1 aliphatic carbocycles. The van der Waals surface area contributed by atoms with E-state index in [9.17, 15) is 9.59 Å². The molecule has 0 bridgehead atoms. The van der Waals surface area contributed by atoms with Gasteiger partial charge in [-0.2, -0.15) is 0 Å². The van der Waals surface area contributed by atoms with Crippen LogP contribution in [0.25, 0.3) is 32.6 Å². The Morgan fingerprint density at radius 3 is 2.57 bits per heavy atom. The number of H-pyrrole nitrogens is 1. The minimum absolute atomic E-state index is 0.00222. The quantitative estimate of drug-likeness (QED) is 0.542. The standard InChI is InChI=1S/C19H14N2O2/c1-21-9-8-12-13(19(21)23)3-6-15-18(12)17-11-4-7-16(22)10(11)2-5-14(17)20-15/h2-3,5-6,8-9,20H,4,7H2,1H3. The predicted octanol–water partition coefficient (Wildman–Crippen LogP) is 3.30. The molecule has 112 valence electrons. The summed E-state index contributed by atoms with van der Waals surface area (Å²) in [4.78, 5) is 27.9. The Morgan fingerprint density at radius 2 is 1.70 bits per heavy atom. The maximum Gasteiger partial charge on any atom is 0.258 e. The Hall–Kier alpha value is -2.88. The summed E-state index contributed by atoms with van der Waals surface area (Å²) in [6.45, 7) is 0. The van der Waals surface area contributed by atoms with Gasteiger partial charge in [-0.15, -0.1) is 0 Å². The van der Waals surface area contributed by atoms with E-state index in [1.165, 1.54) is 0 Å². The fourth-order valence-corrected chi connectivity index (χ4v) is 3.87. The van der Waals surface area contributed by atoms with Gasteiger partial charge in [0.05, 0.1) is 0 Å². The number of fused-ring (bicyclic) bond motifs is 7. The Balaban J connectivity index is 2.09. The summed E-state index contributed by atoms with van der Waals surface area (Å²) in [5.74, 6) is 0.215. The van der Waals surface area contributed by atoms with Gasteiger partial charge in [-0.3, -0.25) is 9.59 Å². The first kappa shape index (κ1) is 12.6. The van der Waals surface area contributed by atoms with Crippen molar-refractivity contribution >= 4 is 38.4 Å². The Morgan fingerprint density at radius 1 is 0.913 bits per heavy atom. The smallest absolute Gasteiger partial charge is 0.258 e.